The van der Waals surface area contributed by atoms with Gasteiger partial charge in [0.15, 0.2) is 0 Å². The van der Waals surface area contributed by atoms with Crippen LogP contribution in [0.1, 0.15) is 25.3 Å². The first-order valence-electron chi connectivity index (χ1n) is 9.62. The van der Waals surface area contributed by atoms with Crippen LogP contribution in [-0.2, 0) is 11.3 Å². The van der Waals surface area contributed by atoms with E-state index in [2.05, 4.69) is 26.6 Å². The van der Waals surface area contributed by atoms with Crippen LogP contribution in [0, 0.1) is 5.41 Å². The molecule has 1 aliphatic heterocycles. The van der Waals surface area contributed by atoms with E-state index >= 15 is 0 Å². The zero-order valence-corrected chi connectivity index (χ0v) is 18.3. The Labute approximate surface area is 179 Å². The number of hydrogen-bond donors (Lipinski definition) is 2. The fraction of sp³-hybridized carbons (Fsp3) is 0.364. The molecule has 2 aromatic rings. The molecule has 6 nitrogen and oxygen atoms in total. The molecule has 0 spiro atoms. The number of benzene rings is 2. The Balaban J connectivity index is 1.50. The van der Waals surface area contributed by atoms with Crippen molar-refractivity contribution < 1.29 is 14.3 Å². The topological polar surface area (TPSA) is 70.7 Å². The summed E-state index contributed by atoms with van der Waals surface area (Å²) < 4.78 is 6.18. The monoisotopic (exact) mass is 459 g/mol. The van der Waals surface area contributed by atoms with E-state index in [4.69, 9.17) is 4.74 Å². The Morgan fingerprint density at radius 2 is 1.83 bits per heavy atom. The van der Waals surface area contributed by atoms with Crippen molar-refractivity contribution in [1.82, 2.24) is 10.2 Å². The number of methoxy groups -OCH3 is 1. The van der Waals surface area contributed by atoms with Gasteiger partial charge in [-0.25, -0.2) is 4.79 Å². The number of ether oxygens (including phenoxy) is 1. The minimum absolute atomic E-state index is 0.0216. The van der Waals surface area contributed by atoms with Crippen molar-refractivity contribution in [3.8, 4) is 5.75 Å². The normalized spacial score (nSPS) is 15.5. The fourth-order valence-electron chi connectivity index (χ4n) is 3.34. The number of carbonyl (C=O) groups excluding carboxylic acids is 2. The van der Waals surface area contributed by atoms with Crippen LogP contribution in [0.4, 0.5) is 10.5 Å². The first kappa shape index (κ1) is 21.2. The molecular formula is C22H26BrN3O3. The van der Waals surface area contributed by atoms with Crippen molar-refractivity contribution in [2.24, 2.45) is 5.41 Å². The van der Waals surface area contributed by atoms with Crippen LogP contribution in [-0.4, -0.2) is 37.0 Å². The molecule has 3 amide bonds. The lowest BCUT2D eigenvalue weighted by molar-refractivity contribution is -0.132. The zero-order valence-electron chi connectivity index (χ0n) is 16.7. The third kappa shape index (κ3) is 5.50. The second-order valence-electron chi connectivity index (χ2n) is 7.52. The summed E-state index contributed by atoms with van der Waals surface area (Å²) in [6.07, 6.45) is 1.26. The molecule has 154 valence electrons. The third-order valence-corrected chi connectivity index (χ3v) is 5.91. The minimum atomic E-state index is -0.479. The molecule has 0 unspecified atom stereocenters. The number of likely N-dealkylation sites (tertiary alicyclic amines) is 1. The van der Waals surface area contributed by atoms with E-state index < -0.39 is 5.41 Å². The van der Waals surface area contributed by atoms with Crippen LogP contribution in [0.25, 0.3) is 0 Å². The lowest BCUT2D eigenvalue weighted by atomic mass is 9.79. The number of piperidine rings is 1. The van der Waals surface area contributed by atoms with E-state index in [9.17, 15) is 9.59 Å². The second-order valence-corrected chi connectivity index (χ2v) is 8.43. The van der Waals surface area contributed by atoms with Gasteiger partial charge in [-0.1, -0.05) is 35.0 Å². The minimum Gasteiger partial charge on any atom is -0.497 e. The van der Waals surface area contributed by atoms with Gasteiger partial charge >= 0.3 is 6.03 Å². The molecule has 1 aliphatic rings. The van der Waals surface area contributed by atoms with Gasteiger partial charge in [-0.15, -0.1) is 0 Å². The molecule has 1 saturated heterocycles. The third-order valence-electron chi connectivity index (χ3n) is 5.39. The molecule has 0 atom stereocenters. The van der Waals surface area contributed by atoms with E-state index in [0.717, 1.165) is 21.5 Å². The van der Waals surface area contributed by atoms with Crippen LogP contribution >= 0.6 is 15.9 Å². The van der Waals surface area contributed by atoms with Gasteiger partial charge in [0.1, 0.15) is 5.75 Å². The molecule has 0 bridgehead atoms. The quantitative estimate of drug-likeness (QED) is 0.695. The predicted octanol–water partition coefficient (Wildman–Crippen LogP) is 4.41. The molecule has 2 aromatic carbocycles. The molecule has 1 heterocycles. The number of hydrogen-bond acceptors (Lipinski definition) is 3. The van der Waals surface area contributed by atoms with Gasteiger partial charge in [0.25, 0.3) is 0 Å². The van der Waals surface area contributed by atoms with Crippen LogP contribution in [0.2, 0.25) is 0 Å². The summed E-state index contributed by atoms with van der Waals surface area (Å²) in [6.45, 7) is 3.52. The predicted molar refractivity (Wildman–Crippen MR) is 117 cm³/mol. The van der Waals surface area contributed by atoms with E-state index in [0.29, 0.717) is 32.5 Å². The average Bonchev–Trinajstić information content (AvgIpc) is 2.74. The van der Waals surface area contributed by atoms with Crippen LogP contribution < -0.4 is 15.4 Å². The summed E-state index contributed by atoms with van der Waals surface area (Å²) in [5.41, 5.74) is 1.27. The van der Waals surface area contributed by atoms with Crippen molar-refractivity contribution in [1.29, 1.82) is 0 Å². The standard InChI is InChI=1S/C22H26BrN3O3/c1-22(20(27)24-15-16-4-3-5-19(14-16)29-2)10-12-26(13-11-22)21(28)25-18-8-6-17(23)7-9-18/h3-9,14H,10-13,15H2,1-2H3,(H,24,27)(H,25,28). The zero-order chi connectivity index (χ0) is 20.9. The van der Waals surface area contributed by atoms with E-state index in [1.165, 1.54) is 0 Å². The second kappa shape index (κ2) is 9.31. The van der Waals surface area contributed by atoms with Crippen molar-refractivity contribution in [3.05, 3.63) is 58.6 Å². The molecule has 29 heavy (non-hydrogen) atoms. The highest BCUT2D eigenvalue weighted by molar-refractivity contribution is 9.10. The van der Waals surface area contributed by atoms with Crippen molar-refractivity contribution in [3.63, 3.8) is 0 Å². The molecule has 2 N–H and O–H groups in total. The van der Waals surface area contributed by atoms with E-state index in [-0.39, 0.29) is 11.9 Å². The largest absolute Gasteiger partial charge is 0.497 e. The number of anilines is 1. The first-order valence-corrected chi connectivity index (χ1v) is 10.4. The molecule has 0 radical (unpaired) electrons. The summed E-state index contributed by atoms with van der Waals surface area (Å²) in [5.74, 6) is 0.793. The lowest BCUT2D eigenvalue weighted by Gasteiger charge is -2.38. The average molecular weight is 460 g/mol. The molecular weight excluding hydrogens is 434 g/mol. The highest BCUT2D eigenvalue weighted by Gasteiger charge is 2.37. The maximum absolute atomic E-state index is 12.8. The summed E-state index contributed by atoms with van der Waals surface area (Å²) in [6, 6.07) is 15.0. The van der Waals surface area contributed by atoms with Gasteiger partial charge < -0.3 is 20.3 Å². The Hall–Kier alpha value is -2.54. The maximum Gasteiger partial charge on any atom is 0.321 e. The SMILES string of the molecule is COc1cccc(CNC(=O)C2(C)CCN(C(=O)Nc3ccc(Br)cc3)CC2)c1. The van der Waals surface area contributed by atoms with Crippen LogP contribution in [0.3, 0.4) is 0 Å². The summed E-state index contributed by atoms with van der Waals surface area (Å²) in [4.78, 5) is 27.0. The fourth-order valence-corrected chi connectivity index (χ4v) is 3.61. The van der Waals surface area contributed by atoms with Crippen LogP contribution in [0.5, 0.6) is 5.75 Å². The Bertz CT molecular complexity index is 862. The lowest BCUT2D eigenvalue weighted by Crippen LogP contribution is -2.49. The number of nitrogens with zero attached hydrogens (tertiary/aromatic N) is 1. The maximum atomic E-state index is 12.8. The summed E-state index contributed by atoms with van der Waals surface area (Å²) in [5, 5.41) is 5.94. The molecule has 0 aromatic heterocycles. The molecule has 7 heteroatoms. The molecule has 3 rings (SSSR count). The Kier molecular flexibility index (Phi) is 6.79. The number of rotatable bonds is 5. The van der Waals surface area contributed by atoms with Crippen LogP contribution in [0.15, 0.2) is 53.0 Å². The van der Waals surface area contributed by atoms with Crippen molar-refractivity contribution in [2.45, 2.75) is 26.3 Å². The molecule has 1 fully saturated rings. The van der Waals surface area contributed by atoms with Gasteiger partial charge in [-0.3, -0.25) is 4.79 Å². The van der Waals surface area contributed by atoms with Gasteiger partial charge in [0, 0.05) is 35.2 Å². The highest BCUT2D eigenvalue weighted by atomic mass is 79.9. The molecule has 0 saturated carbocycles. The van der Waals surface area contributed by atoms with Gasteiger partial charge in [0.2, 0.25) is 5.91 Å². The highest BCUT2D eigenvalue weighted by Crippen LogP contribution is 2.31. The smallest absolute Gasteiger partial charge is 0.321 e. The van der Waals surface area contributed by atoms with E-state index in [1.807, 2.05) is 55.5 Å². The summed E-state index contributed by atoms with van der Waals surface area (Å²) >= 11 is 3.38. The van der Waals surface area contributed by atoms with Gasteiger partial charge in [-0.2, -0.15) is 0 Å². The number of urea groups is 1. The number of halogens is 1. The molecule has 0 aliphatic carbocycles. The van der Waals surface area contributed by atoms with Crippen molar-refractivity contribution >= 4 is 33.6 Å². The Morgan fingerprint density at radius 3 is 2.48 bits per heavy atom. The number of amides is 3. The van der Waals surface area contributed by atoms with Gasteiger partial charge in [-0.05, 0) is 54.8 Å². The van der Waals surface area contributed by atoms with E-state index in [1.54, 1.807) is 12.0 Å². The summed E-state index contributed by atoms with van der Waals surface area (Å²) in [7, 11) is 1.62. The first-order chi connectivity index (χ1) is 13.9. The Morgan fingerprint density at radius 1 is 1.14 bits per heavy atom. The number of carbonyl (C=O) groups is 2. The van der Waals surface area contributed by atoms with Crippen molar-refractivity contribution in [2.75, 3.05) is 25.5 Å². The number of nitrogens with one attached hydrogen (secondary N) is 2. The van der Waals surface area contributed by atoms with Gasteiger partial charge in [0.05, 0.1) is 7.11 Å².